The molecule has 0 fully saturated rings. The van der Waals surface area contributed by atoms with Gasteiger partial charge in [0.2, 0.25) is 0 Å². The Morgan fingerprint density at radius 3 is 2.07 bits per heavy atom. The Labute approximate surface area is 167 Å². The van der Waals surface area contributed by atoms with Gasteiger partial charge in [0.1, 0.15) is 5.82 Å². The van der Waals surface area contributed by atoms with Crippen LogP contribution in [0.5, 0.6) is 0 Å². The molecule has 4 heteroatoms. The maximum atomic E-state index is 11.0. The molecule has 2 N–H and O–H groups in total. The summed E-state index contributed by atoms with van der Waals surface area (Å²) in [6.45, 7) is 7.31. The molecule has 0 saturated heterocycles. The van der Waals surface area contributed by atoms with Crippen molar-refractivity contribution in [2.45, 2.75) is 45.3 Å². The monoisotopic (exact) mass is 376 g/mol. The third-order valence-corrected chi connectivity index (χ3v) is 5.09. The van der Waals surface area contributed by atoms with E-state index in [1.807, 2.05) is 78.6 Å². The molecule has 1 unspecified atom stereocenters. The summed E-state index contributed by atoms with van der Waals surface area (Å²) in [5.41, 5.74) is 1.20. The zero-order chi connectivity index (χ0) is 20.4. The first-order chi connectivity index (χ1) is 13.3. The molecular weight excluding hydrogens is 348 g/mol. The van der Waals surface area contributed by atoms with Gasteiger partial charge < -0.3 is 10.2 Å². The zero-order valence-electron chi connectivity index (χ0n) is 16.9. The molecule has 0 aliphatic carbocycles. The molecule has 4 nitrogen and oxygen atoms in total. The SMILES string of the molecule is CCC(C)(O)c1cccnc1N(c1ccccc1)c1ccccc1C(C)(C)O. The molecule has 2 aromatic carbocycles. The van der Waals surface area contributed by atoms with E-state index in [0.29, 0.717) is 12.2 Å². The van der Waals surface area contributed by atoms with Gasteiger partial charge in [-0.05, 0) is 51.5 Å². The number of rotatable bonds is 6. The van der Waals surface area contributed by atoms with E-state index in [-0.39, 0.29) is 0 Å². The summed E-state index contributed by atoms with van der Waals surface area (Å²) in [7, 11) is 0. The quantitative estimate of drug-likeness (QED) is 0.605. The summed E-state index contributed by atoms with van der Waals surface area (Å²) in [6.07, 6.45) is 2.29. The van der Waals surface area contributed by atoms with Crippen LogP contribution in [0, 0.1) is 0 Å². The lowest BCUT2D eigenvalue weighted by molar-refractivity contribution is 0.0534. The zero-order valence-corrected chi connectivity index (χ0v) is 16.9. The Morgan fingerprint density at radius 2 is 1.43 bits per heavy atom. The smallest absolute Gasteiger partial charge is 0.143 e. The number of anilines is 3. The van der Waals surface area contributed by atoms with Gasteiger partial charge in [0.15, 0.2) is 0 Å². The second-order valence-electron chi connectivity index (χ2n) is 7.75. The van der Waals surface area contributed by atoms with E-state index >= 15 is 0 Å². The molecule has 0 amide bonds. The highest BCUT2D eigenvalue weighted by atomic mass is 16.3. The minimum atomic E-state index is -1.04. The molecule has 1 aromatic heterocycles. The lowest BCUT2D eigenvalue weighted by Crippen LogP contribution is -2.26. The van der Waals surface area contributed by atoms with Gasteiger partial charge in [0.05, 0.1) is 16.9 Å². The normalized spacial score (nSPS) is 13.8. The van der Waals surface area contributed by atoms with Crippen LogP contribution in [-0.4, -0.2) is 15.2 Å². The average molecular weight is 377 g/mol. The van der Waals surface area contributed by atoms with E-state index < -0.39 is 11.2 Å². The summed E-state index contributed by atoms with van der Waals surface area (Å²) >= 11 is 0. The maximum absolute atomic E-state index is 11.0. The third kappa shape index (κ3) is 3.93. The fourth-order valence-corrected chi connectivity index (χ4v) is 3.32. The molecule has 3 aromatic rings. The molecule has 0 spiro atoms. The number of nitrogens with zero attached hydrogens (tertiary/aromatic N) is 2. The Hall–Kier alpha value is -2.69. The van der Waals surface area contributed by atoms with Gasteiger partial charge in [-0.3, -0.25) is 4.90 Å². The molecule has 0 aliphatic heterocycles. The summed E-state index contributed by atoms with van der Waals surface area (Å²) in [6, 6.07) is 21.4. The molecule has 0 radical (unpaired) electrons. The van der Waals surface area contributed by atoms with E-state index in [1.54, 1.807) is 27.0 Å². The van der Waals surface area contributed by atoms with Crippen molar-refractivity contribution < 1.29 is 10.2 Å². The van der Waals surface area contributed by atoms with Crippen molar-refractivity contribution in [3.63, 3.8) is 0 Å². The van der Waals surface area contributed by atoms with Gasteiger partial charge in [0, 0.05) is 23.0 Å². The second kappa shape index (κ2) is 7.74. The number of hydrogen-bond donors (Lipinski definition) is 2. The van der Waals surface area contributed by atoms with Crippen molar-refractivity contribution in [1.82, 2.24) is 4.98 Å². The van der Waals surface area contributed by atoms with E-state index in [0.717, 1.165) is 22.5 Å². The maximum Gasteiger partial charge on any atom is 0.143 e. The second-order valence-corrected chi connectivity index (χ2v) is 7.75. The van der Waals surface area contributed by atoms with Gasteiger partial charge >= 0.3 is 0 Å². The van der Waals surface area contributed by atoms with E-state index in [9.17, 15) is 10.2 Å². The van der Waals surface area contributed by atoms with Gasteiger partial charge in [0.25, 0.3) is 0 Å². The van der Waals surface area contributed by atoms with Crippen molar-refractivity contribution in [1.29, 1.82) is 0 Å². The molecular formula is C24H28N2O2. The van der Waals surface area contributed by atoms with Crippen LogP contribution < -0.4 is 4.90 Å². The molecule has 1 heterocycles. The minimum Gasteiger partial charge on any atom is -0.386 e. The van der Waals surface area contributed by atoms with Crippen LogP contribution in [0.1, 0.15) is 45.2 Å². The first-order valence-corrected chi connectivity index (χ1v) is 9.60. The van der Waals surface area contributed by atoms with Crippen molar-refractivity contribution in [3.8, 4) is 0 Å². The number of hydrogen-bond acceptors (Lipinski definition) is 4. The Bertz CT molecular complexity index is 931. The predicted molar refractivity (Wildman–Crippen MR) is 114 cm³/mol. The predicted octanol–water partition coefficient (Wildman–Crippen LogP) is 5.40. The van der Waals surface area contributed by atoms with Crippen molar-refractivity contribution in [2.75, 3.05) is 4.90 Å². The number of para-hydroxylation sites is 2. The highest BCUT2D eigenvalue weighted by Gasteiger charge is 2.31. The molecule has 0 bridgehead atoms. The first-order valence-electron chi connectivity index (χ1n) is 9.60. The van der Waals surface area contributed by atoms with Crippen LogP contribution in [0.2, 0.25) is 0 Å². The Balaban J connectivity index is 2.32. The van der Waals surface area contributed by atoms with Crippen LogP contribution in [0.25, 0.3) is 0 Å². The molecule has 1 atom stereocenters. The van der Waals surface area contributed by atoms with Crippen LogP contribution in [-0.2, 0) is 11.2 Å². The number of benzene rings is 2. The van der Waals surface area contributed by atoms with Crippen LogP contribution in [0.3, 0.4) is 0 Å². The number of aliphatic hydroxyl groups is 2. The fraction of sp³-hybridized carbons (Fsp3) is 0.292. The van der Waals surface area contributed by atoms with Crippen LogP contribution in [0.4, 0.5) is 17.2 Å². The lowest BCUT2D eigenvalue weighted by atomic mass is 9.92. The van der Waals surface area contributed by atoms with Gasteiger partial charge in [-0.1, -0.05) is 49.4 Å². The van der Waals surface area contributed by atoms with Crippen LogP contribution in [0.15, 0.2) is 72.9 Å². The highest BCUT2D eigenvalue weighted by Crippen LogP contribution is 2.42. The Morgan fingerprint density at radius 1 is 0.821 bits per heavy atom. The van der Waals surface area contributed by atoms with Crippen molar-refractivity contribution in [3.05, 3.63) is 84.1 Å². The minimum absolute atomic E-state index is 0.557. The van der Waals surface area contributed by atoms with Crippen molar-refractivity contribution >= 4 is 17.2 Å². The van der Waals surface area contributed by atoms with Gasteiger partial charge in [-0.25, -0.2) is 4.98 Å². The topological polar surface area (TPSA) is 56.6 Å². The average Bonchev–Trinajstić information content (AvgIpc) is 2.69. The third-order valence-electron chi connectivity index (χ3n) is 5.09. The van der Waals surface area contributed by atoms with E-state index in [1.165, 1.54) is 0 Å². The fourth-order valence-electron chi connectivity index (χ4n) is 3.32. The largest absolute Gasteiger partial charge is 0.386 e. The van der Waals surface area contributed by atoms with E-state index in [4.69, 9.17) is 0 Å². The molecule has 3 rings (SSSR count). The summed E-state index contributed by atoms with van der Waals surface area (Å²) in [4.78, 5) is 6.66. The first kappa shape index (κ1) is 20.1. The molecule has 28 heavy (non-hydrogen) atoms. The summed E-state index contributed by atoms with van der Waals surface area (Å²) in [5, 5.41) is 21.8. The lowest BCUT2D eigenvalue weighted by Gasteiger charge is -2.34. The summed E-state index contributed by atoms with van der Waals surface area (Å²) < 4.78 is 0. The van der Waals surface area contributed by atoms with Gasteiger partial charge in [-0.15, -0.1) is 0 Å². The van der Waals surface area contributed by atoms with Crippen molar-refractivity contribution in [2.24, 2.45) is 0 Å². The van der Waals surface area contributed by atoms with E-state index in [2.05, 4.69) is 4.98 Å². The molecule has 146 valence electrons. The number of pyridine rings is 1. The standard InChI is InChI=1S/C24H28N2O2/c1-5-24(4,28)20-15-11-17-25-22(20)26(18-12-7-6-8-13-18)21-16-10-9-14-19(21)23(2,3)27/h6-17,27-28H,5H2,1-4H3. The Kier molecular flexibility index (Phi) is 5.54. The van der Waals surface area contributed by atoms with Gasteiger partial charge in [-0.2, -0.15) is 0 Å². The molecule has 0 aliphatic rings. The summed E-state index contributed by atoms with van der Waals surface area (Å²) in [5.74, 6) is 0.650. The number of aromatic nitrogens is 1. The highest BCUT2D eigenvalue weighted by molar-refractivity contribution is 5.79. The van der Waals surface area contributed by atoms with Crippen LogP contribution >= 0.6 is 0 Å². The molecule has 0 saturated carbocycles.